The van der Waals surface area contributed by atoms with Crippen molar-refractivity contribution in [1.82, 2.24) is 14.9 Å². The van der Waals surface area contributed by atoms with Gasteiger partial charge in [-0.05, 0) is 49.2 Å². The second kappa shape index (κ2) is 9.47. The number of piperidine rings is 1. The van der Waals surface area contributed by atoms with Gasteiger partial charge in [-0.25, -0.2) is 9.97 Å². The van der Waals surface area contributed by atoms with E-state index in [-0.39, 0.29) is 5.91 Å². The molecule has 3 heterocycles. The molecule has 0 radical (unpaired) electrons. The van der Waals surface area contributed by atoms with Crippen LogP contribution in [0.5, 0.6) is 11.5 Å². The Balaban J connectivity index is 1.44. The second-order valence-electron chi connectivity index (χ2n) is 7.39. The Bertz CT molecular complexity index is 1010. The van der Waals surface area contributed by atoms with E-state index in [2.05, 4.69) is 16.4 Å². The van der Waals surface area contributed by atoms with E-state index in [9.17, 15) is 4.79 Å². The van der Waals surface area contributed by atoms with Gasteiger partial charge in [0, 0.05) is 30.9 Å². The van der Waals surface area contributed by atoms with Crippen LogP contribution in [0, 0.1) is 0 Å². The standard InChI is InChI=1S/C24H26N4O3/c1-30-19-8-6-9-20(31-2)23(19)24(29)28-15-12-17(13-16-28)18-7-5-11-22(26-18)27-21-10-3-4-14-25-21/h3-11,14,17H,12-13,15-16H2,1-2H3,(H,25,26,27). The number of nitrogens with one attached hydrogen (secondary N) is 1. The number of pyridine rings is 2. The molecule has 1 saturated heterocycles. The first-order chi connectivity index (χ1) is 15.2. The molecule has 0 saturated carbocycles. The maximum Gasteiger partial charge on any atom is 0.261 e. The van der Waals surface area contributed by atoms with Crippen LogP contribution < -0.4 is 14.8 Å². The van der Waals surface area contributed by atoms with Crippen LogP contribution in [0.3, 0.4) is 0 Å². The fraction of sp³-hybridized carbons (Fsp3) is 0.292. The highest BCUT2D eigenvalue weighted by Crippen LogP contribution is 2.33. The first kappa shape index (κ1) is 20.7. The highest BCUT2D eigenvalue weighted by molar-refractivity contribution is 5.99. The molecule has 0 aliphatic carbocycles. The van der Waals surface area contributed by atoms with E-state index >= 15 is 0 Å². The summed E-state index contributed by atoms with van der Waals surface area (Å²) in [4.78, 5) is 24.1. The predicted octanol–water partition coefficient (Wildman–Crippen LogP) is 4.26. The Morgan fingerprint density at radius 2 is 1.61 bits per heavy atom. The second-order valence-corrected chi connectivity index (χ2v) is 7.39. The molecular formula is C24H26N4O3. The molecule has 7 heteroatoms. The van der Waals surface area contributed by atoms with E-state index < -0.39 is 0 Å². The lowest BCUT2D eigenvalue weighted by molar-refractivity contribution is 0.0705. The molecule has 0 bridgehead atoms. The van der Waals surface area contributed by atoms with Gasteiger partial charge in [-0.1, -0.05) is 18.2 Å². The third-order valence-corrected chi connectivity index (χ3v) is 5.53. The number of likely N-dealkylation sites (tertiary alicyclic amines) is 1. The number of rotatable bonds is 6. The predicted molar refractivity (Wildman–Crippen MR) is 119 cm³/mol. The average molecular weight is 418 g/mol. The van der Waals surface area contributed by atoms with Gasteiger partial charge in [-0.15, -0.1) is 0 Å². The van der Waals surface area contributed by atoms with E-state index in [1.54, 1.807) is 32.5 Å². The van der Waals surface area contributed by atoms with Crippen molar-refractivity contribution in [2.24, 2.45) is 0 Å². The number of hydrogen-bond donors (Lipinski definition) is 1. The van der Waals surface area contributed by atoms with E-state index in [4.69, 9.17) is 14.5 Å². The minimum absolute atomic E-state index is 0.0636. The highest BCUT2D eigenvalue weighted by atomic mass is 16.5. The lowest BCUT2D eigenvalue weighted by Gasteiger charge is -2.32. The molecule has 160 valence electrons. The molecule has 1 amide bonds. The van der Waals surface area contributed by atoms with Gasteiger partial charge in [0.2, 0.25) is 0 Å². The van der Waals surface area contributed by atoms with E-state index in [1.807, 2.05) is 41.3 Å². The average Bonchev–Trinajstić information content (AvgIpc) is 2.84. The number of carbonyl (C=O) groups is 1. The van der Waals surface area contributed by atoms with Gasteiger partial charge in [0.1, 0.15) is 28.7 Å². The van der Waals surface area contributed by atoms with Gasteiger partial charge < -0.3 is 19.7 Å². The van der Waals surface area contributed by atoms with Gasteiger partial charge in [-0.2, -0.15) is 0 Å². The van der Waals surface area contributed by atoms with Crippen molar-refractivity contribution in [3.05, 3.63) is 72.1 Å². The molecule has 2 aromatic heterocycles. The van der Waals surface area contributed by atoms with Crippen LogP contribution in [0.25, 0.3) is 0 Å². The molecule has 4 rings (SSSR count). The number of anilines is 2. The Morgan fingerprint density at radius 1 is 0.935 bits per heavy atom. The molecule has 1 aliphatic rings. The van der Waals surface area contributed by atoms with Crippen molar-refractivity contribution in [2.45, 2.75) is 18.8 Å². The summed E-state index contributed by atoms with van der Waals surface area (Å²) in [5, 5.41) is 3.24. The summed E-state index contributed by atoms with van der Waals surface area (Å²) in [7, 11) is 3.13. The van der Waals surface area contributed by atoms with Crippen molar-refractivity contribution in [3.63, 3.8) is 0 Å². The summed E-state index contributed by atoms with van der Waals surface area (Å²) in [6, 6.07) is 17.1. The summed E-state index contributed by atoms with van der Waals surface area (Å²) < 4.78 is 10.8. The Labute approximate surface area is 182 Å². The first-order valence-corrected chi connectivity index (χ1v) is 10.3. The number of hydrogen-bond acceptors (Lipinski definition) is 6. The summed E-state index contributed by atoms with van der Waals surface area (Å²) in [5.74, 6) is 2.83. The van der Waals surface area contributed by atoms with E-state index in [0.29, 0.717) is 36.1 Å². The number of benzene rings is 1. The molecule has 3 aromatic rings. The first-order valence-electron chi connectivity index (χ1n) is 10.3. The maximum absolute atomic E-state index is 13.2. The molecule has 7 nitrogen and oxygen atoms in total. The van der Waals surface area contributed by atoms with Crippen molar-refractivity contribution < 1.29 is 14.3 Å². The van der Waals surface area contributed by atoms with Crippen molar-refractivity contribution in [1.29, 1.82) is 0 Å². The Morgan fingerprint density at radius 3 is 2.26 bits per heavy atom. The quantitative estimate of drug-likeness (QED) is 0.645. The molecule has 1 aromatic carbocycles. The number of aromatic nitrogens is 2. The Kier molecular flexibility index (Phi) is 6.31. The zero-order chi connectivity index (χ0) is 21.6. The Hall–Kier alpha value is -3.61. The normalized spacial score (nSPS) is 14.2. The molecule has 1 fully saturated rings. The van der Waals surface area contributed by atoms with E-state index in [1.165, 1.54) is 0 Å². The van der Waals surface area contributed by atoms with Gasteiger partial charge in [0.15, 0.2) is 0 Å². The topological polar surface area (TPSA) is 76.6 Å². The molecule has 1 aliphatic heterocycles. The van der Waals surface area contributed by atoms with Crippen LogP contribution in [-0.4, -0.2) is 48.1 Å². The van der Waals surface area contributed by atoms with Gasteiger partial charge in [0.25, 0.3) is 5.91 Å². The minimum atomic E-state index is -0.0636. The van der Waals surface area contributed by atoms with Crippen LogP contribution in [0.1, 0.15) is 34.8 Å². The maximum atomic E-state index is 13.2. The van der Waals surface area contributed by atoms with Crippen molar-refractivity contribution in [2.75, 3.05) is 32.6 Å². The van der Waals surface area contributed by atoms with Crippen molar-refractivity contribution >= 4 is 17.5 Å². The molecular weight excluding hydrogens is 392 g/mol. The number of carbonyl (C=O) groups excluding carboxylic acids is 1. The summed E-state index contributed by atoms with van der Waals surface area (Å²) in [6.45, 7) is 1.31. The van der Waals surface area contributed by atoms with Crippen LogP contribution in [0.15, 0.2) is 60.8 Å². The summed E-state index contributed by atoms with van der Waals surface area (Å²) in [6.07, 6.45) is 3.45. The van der Waals surface area contributed by atoms with Crippen LogP contribution in [0.2, 0.25) is 0 Å². The van der Waals surface area contributed by atoms with Crippen LogP contribution in [0.4, 0.5) is 11.6 Å². The zero-order valence-corrected chi connectivity index (χ0v) is 17.7. The van der Waals surface area contributed by atoms with Crippen molar-refractivity contribution in [3.8, 4) is 11.5 Å². The minimum Gasteiger partial charge on any atom is -0.496 e. The summed E-state index contributed by atoms with van der Waals surface area (Å²) in [5.41, 5.74) is 1.51. The number of ether oxygens (including phenoxy) is 2. The highest BCUT2D eigenvalue weighted by Gasteiger charge is 2.29. The monoisotopic (exact) mass is 418 g/mol. The van der Waals surface area contributed by atoms with Gasteiger partial charge in [-0.3, -0.25) is 4.79 Å². The number of methoxy groups -OCH3 is 2. The molecule has 0 atom stereocenters. The fourth-order valence-corrected chi connectivity index (χ4v) is 3.91. The SMILES string of the molecule is COc1cccc(OC)c1C(=O)N1CCC(c2cccc(Nc3ccccn3)n2)CC1. The summed E-state index contributed by atoms with van der Waals surface area (Å²) >= 11 is 0. The third kappa shape index (κ3) is 4.60. The molecule has 0 unspecified atom stereocenters. The van der Waals surface area contributed by atoms with Crippen LogP contribution >= 0.6 is 0 Å². The molecule has 31 heavy (non-hydrogen) atoms. The number of nitrogens with zero attached hydrogens (tertiary/aromatic N) is 3. The molecule has 1 N–H and O–H groups in total. The van der Waals surface area contributed by atoms with Gasteiger partial charge in [0.05, 0.1) is 14.2 Å². The lowest BCUT2D eigenvalue weighted by atomic mass is 9.92. The lowest BCUT2D eigenvalue weighted by Crippen LogP contribution is -2.38. The largest absolute Gasteiger partial charge is 0.496 e. The zero-order valence-electron chi connectivity index (χ0n) is 17.7. The smallest absolute Gasteiger partial charge is 0.261 e. The third-order valence-electron chi connectivity index (χ3n) is 5.53. The van der Waals surface area contributed by atoms with E-state index in [0.717, 1.165) is 30.2 Å². The van der Waals surface area contributed by atoms with Gasteiger partial charge >= 0.3 is 0 Å². The number of amides is 1. The van der Waals surface area contributed by atoms with Crippen LogP contribution in [-0.2, 0) is 0 Å². The molecule has 0 spiro atoms. The fourth-order valence-electron chi connectivity index (χ4n) is 3.91.